The van der Waals surface area contributed by atoms with Crippen molar-refractivity contribution in [3.63, 3.8) is 0 Å². The van der Waals surface area contributed by atoms with Gasteiger partial charge in [-0.25, -0.2) is 13.4 Å². The molecular weight excluding hydrogens is 554 g/mol. The largest absolute Gasteiger partial charge is 0.351 e. The maximum atomic E-state index is 13.2. The van der Waals surface area contributed by atoms with E-state index in [-0.39, 0.29) is 23.2 Å². The van der Waals surface area contributed by atoms with Gasteiger partial charge in [-0.15, -0.1) is 12.4 Å². The molecular formula is C28H32ClN5O3S2. The molecule has 39 heavy (non-hydrogen) atoms. The van der Waals surface area contributed by atoms with Crippen molar-refractivity contribution < 1.29 is 13.2 Å². The summed E-state index contributed by atoms with van der Waals surface area (Å²) in [5, 5.41) is 4.03. The van der Waals surface area contributed by atoms with Crippen molar-refractivity contribution >= 4 is 60.7 Å². The van der Waals surface area contributed by atoms with Gasteiger partial charge in [-0.3, -0.25) is 14.0 Å². The first-order chi connectivity index (χ1) is 18.5. The van der Waals surface area contributed by atoms with E-state index in [0.717, 1.165) is 43.4 Å². The smallest absolute Gasteiger partial charge is 0.264 e. The van der Waals surface area contributed by atoms with E-state index in [4.69, 9.17) is 4.98 Å². The molecule has 1 saturated heterocycles. The van der Waals surface area contributed by atoms with Gasteiger partial charge in [0.2, 0.25) is 0 Å². The molecule has 1 N–H and O–H groups in total. The van der Waals surface area contributed by atoms with Crippen molar-refractivity contribution in [1.29, 1.82) is 0 Å². The molecule has 0 atom stereocenters. The van der Waals surface area contributed by atoms with Gasteiger partial charge >= 0.3 is 0 Å². The molecule has 8 nitrogen and oxygen atoms in total. The Balaban J connectivity index is 0.00000353. The fraction of sp³-hybridized carbons (Fsp3) is 0.286. The first-order valence-electron chi connectivity index (χ1n) is 12.7. The highest BCUT2D eigenvalue weighted by Gasteiger charge is 2.24. The fourth-order valence-electron chi connectivity index (χ4n) is 4.58. The number of rotatable bonds is 9. The molecule has 0 bridgehead atoms. The summed E-state index contributed by atoms with van der Waals surface area (Å²) >= 11 is 1.73. The van der Waals surface area contributed by atoms with Gasteiger partial charge in [0.05, 0.1) is 20.8 Å². The number of halogens is 1. The van der Waals surface area contributed by atoms with Gasteiger partial charge in [0.1, 0.15) is 0 Å². The number of hydrogen-bond acceptors (Lipinski definition) is 7. The molecule has 3 aromatic carbocycles. The van der Waals surface area contributed by atoms with Gasteiger partial charge in [-0.2, -0.15) is 0 Å². The van der Waals surface area contributed by atoms with Gasteiger partial charge in [-0.05, 0) is 55.5 Å². The maximum absolute atomic E-state index is 13.2. The standard InChI is InChI=1S/C28H31N5O3S2.ClH/c1-2-33(23-8-4-3-5-9-23)38(35,36)24-14-12-22(13-15-24)27(34)29-16-17-31-18-20-32(21-19-31)28-30-25-10-6-7-11-26(25)37-28;/h3-15H,2,16-21H2,1H3,(H,29,34);1H. The molecule has 1 fully saturated rings. The number of nitrogens with one attached hydrogen (secondary N) is 1. The van der Waals surface area contributed by atoms with E-state index in [1.54, 1.807) is 42.5 Å². The maximum Gasteiger partial charge on any atom is 0.264 e. The highest BCUT2D eigenvalue weighted by molar-refractivity contribution is 7.92. The number of para-hydroxylation sites is 2. The van der Waals surface area contributed by atoms with Crippen LogP contribution in [-0.2, 0) is 10.0 Å². The van der Waals surface area contributed by atoms with E-state index in [1.807, 2.05) is 36.4 Å². The Morgan fingerprint density at radius 3 is 2.28 bits per heavy atom. The van der Waals surface area contributed by atoms with Crippen molar-refractivity contribution in [3.8, 4) is 0 Å². The Hall–Kier alpha value is -3.18. The minimum absolute atomic E-state index is 0. The van der Waals surface area contributed by atoms with E-state index >= 15 is 0 Å². The number of carbonyl (C=O) groups excluding carboxylic acids is 1. The second-order valence-corrected chi connectivity index (χ2v) is 11.9. The minimum atomic E-state index is -3.72. The number of amides is 1. The molecule has 0 unspecified atom stereocenters. The lowest BCUT2D eigenvalue weighted by Crippen LogP contribution is -2.48. The average Bonchev–Trinajstić information content (AvgIpc) is 3.39. The topological polar surface area (TPSA) is 85.8 Å². The molecule has 11 heteroatoms. The van der Waals surface area contributed by atoms with Crippen molar-refractivity contribution in [2.75, 3.05) is 55.0 Å². The molecule has 2 heterocycles. The molecule has 1 aliphatic rings. The van der Waals surface area contributed by atoms with E-state index in [1.165, 1.54) is 21.1 Å². The van der Waals surface area contributed by atoms with Crippen LogP contribution in [0.5, 0.6) is 0 Å². The van der Waals surface area contributed by atoms with Gasteiger partial charge in [-0.1, -0.05) is 41.7 Å². The van der Waals surface area contributed by atoms with Crippen molar-refractivity contribution in [1.82, 2.24) is 15.2 Å². The lowest BCUT2D eigenvalue weighted by molar-refractivity contribution is 0.0947. The number of anilines is 2. The second-order valence-electron chi connectivity index (χ2n) is 9.08. The predicted molar refractivity (Wildman–Crippen MR) is 161 cm³/mol. The Kier molecular flexibility index (Phi) is 9.45. The van der Waals surface area contributed by atoms with Crippen molar-refractivity contribution in [2.45, 2.75) is 11.8 Å². The minimum Gasteiger partial charge on any atom is -0.351 e. The highest BCUT2D eigenvalue weighted by Crippen LogP contribution is 2.29. The van der Waals surface area contributed by atoms with E-state index in [2.05, 4.69) is 21.2 Å². The molecule has 0 aliphatic carbocycles. The third-order valence-corrected chi connectivity index (χ3v) is 9.69. The number of thiazole rings is 1. The molecule has 5 rings (SSSR count). The molecule has 206 valence electrons. The Labute approximate surface area is 239 Å². The molecule has 1 aliphatic heterocycles. The average molecular weight is 586 g/mol. The van der Waals surface area contributed by atoms with Crippen LogP contribution in [0, 0.1) is 0 Å². The molecule has 0 spiro atoms. The zero-order valence-corrected chi connectivity index (χ0v) is 24.1. The van der Waals surface area contributed by atoms with Crippen LogP contribution < -0.4 is 14.5 Å². The van der Waals surface area contributed by atoms with Crippen LogP contribution in [-0.4, -0.2) is 70.0 Å². The van der Waals surface area contributed by atoms with Gasteiger partial charge in [0.15, 0.2) is 5.13 Å². The summed E-state index contributed by atoms with van der Waals surface area (Å²) in [5.41, 5.74) is 2.09. The van der Waals surface area contributed by atoms with Crippen LogP contribution in [0.15, 0.2) is 83.8 Å². The summed E-state index contributed by atoms with van der Waals surface area (Å²) in [4.78, 5) is 22.3. The van der Waals surface area contributed by atoms with E-state index in [9.17, 15) is 13.2 Å². The summed E-state index contributed by atoms with van der Waals surface area (Å²) in [6.07, 6.45) is 0. The number of fused-ring (bicyclic) bond motifs is 1. The summed E-state index contributed by atoms with van der Waals surface area (Å²) < 4.78 is 28.9. The summed E-state index contributed by atoms with van der Waals surface area (Å²) in [6.45, 7) is 7.02. The number of piperazine rings is 1. The third-order valence-electron chi connectivity index (χ3n) is 6.67. The number of carbonyl (C=O) groups is 1. The Bertz CT molecular complexity index is 1460. The van der Waals surface area contributed by atoms with Gasteiger partial charge in [0, 0.05) is 51.4 Å². The SMILES string of the molecule is CCN(c1ccccc1)S(=O)(=O)c1ccc(C(=O)NCCN2CCN(c3nc4ccccc4s3)CC2)cc1.Cl. The van der Waals surface area contributed by atoms with Crippen LogP contribution in [0.4, 0.5) is 10.8 Å². The Morgan fingerprint density at radius 2 is 1.62 bits per heavy atom. The monoisotopic (exact) mass is 585 g/mol. The summed E-state index contributed by atoms with van der Waals surface area (Å²) in [5.74, 6) is -0.211. The number of sulfonamides is 1. The van der Waals surface area contributed by atoms with Crippen LogP contribution in [0.2, 0.25) is 0 Å². The number of benzene rings is 3. The van der Waals surface area contributed by atoms with Crippen LogP contribution in [0.3, 0.4) is 0 Å². The van der Waals surface area contributed by atoms with Crippen LogP contribution in [0.1, 0.15) is 17.3 Å². The third kappa shape index (κ3) is 6.52. The molecule has 0 saturated carbocycles. The van der Waals surface area contributed by atoms with Gasteiger partial charge < -0.3 is 10.2 Å². The zero-order chi connectivity index (χ0) is 26.5. The second kappa shape index (κ2) is 12.8. The molecule has 4 aromatic rings. The van der Waals surface area contributed by atoms with Crippen LogP contribution in [0.25, 0.3) is 10.2 Å². The normalized spacial score (nSPS) is 14.1. The fourth-order valence-corrected chi connectivity index (χ4v) is 7.07. The van der Waals surface area contributed by atoms with E-state index < -0.39 is 10.0 Å². The molecule has 1 aromatic heterocycles. The van der Waals surface area contributed by atoms with E-state index in [0.29, 0.717) is 24.3 Å². The number of nitrogens with zero attached hydrogens (tertiary/aromatic N) is 4. The Morgan fingerprint density at radius 1 is 0.949 bits per heavy atom. The zero-order valence-electron chi connectivity index (χ0n) is 21.7. The number of hydrogen-bond donors (Lipinski definition) is 1. The quantitative estimate of drug-likeness (QED) is 0.312. The molecule has 1 amide bonds. The first-order valence-corrected chi connectivity index (χ1v) is 15.0. The van der Waals surface area contributed by atoms with Crippen molar-refractivity contribution in [2.24, 2.45) is 0 Å². The molecule has 0 radical (unpaired) electrons. The highest BCUT2D eigenvalue weighted by atomic mass is 35.5. The summed E-state index contributed by atoms with van der Waals surface area (Å²) in [7, 11) is -3.72. The van der Waals surface area contributed by atoms with Gasteiger partial charge in [0.25, 0.3) is 15.9 Å². The predicted octanol–water partition coefficient (Wildman–Crippen LogP) is 4.49. The number of aromatic nitrogens is 1. The first kappa shape index (κ1) is 28.8. The lowest BCUT2D eigenvalue weighted by atomic mass is 10.2. The lowest BCUT2D eigenvalue weighted by Gasteiger charge is -2.34. The summed E-state index contributed by atoms with van der Waals surface area (Å²) in [6, 6.07) is 23.3. The van der Waals surface area contributed by atoms with Crippen LogP contribution >= 0.6 is 23.7 Å². The van der Waals surface area contributed by atoms with Crippen molar-refractivity contribution in [3.05, 3.63) is 84.4 Å².